The van der Waals surface area contributed by atoms with Crippen molar-refractivity contribution in [3.8, 4) is 0 Å². The molecule has 42 valence electrons. The molecular formula is C5H9FO. The van der Waals surface area contributed by atoms with Crippen LogP contribution in [0.1, 0.15) is 13.8 Å². The summed E-state index contributed by atoms with van der Waals surface area (Å²) >= 11 is 0. The normalized spacial score (nSPS) is 14.3. The van der Waals surface area contributed by atoms with Gasteiger partial charge in [-0.25, -0.2) is 4.39 Å². The molecule has 0 aliphatic heterocycles. The Hall–Kier alpha value is -0.400. The zero-order valence-corrected chi connectivity index (χ0v) is 4.52. The van der Waals surface area contributed by atoms with Crippen molar-refractivity contribution in [2.24, 2.45) is 5.92 Å². The van der Waals surface area contributed by atoms with Crippen molar-refractivity contribution in [2.45, 2.75) is 20.0 Å². The molecule has 1 nitrogen and oxygen atoms in total. The highest BCUT2D eigenvalue weighted by molar-refractivity contribution is 5.55. The highest BCUT2D eigenvalue weighted by Gasteiger charge is 2.07. The van der Waals surface area contributed by atoms with Crippen LogP contribution in [0.5, 0.6) is 0 Å². The first-order chi connectivity index (χ1) is 3.18. The number of carbonyl (C=O) groups is 1. The van der Waals surface area contributed by atoms with Crippen LogP contribution in [0.3, 0.4) is 0 Å². The van der Waals surface area contributed by atoms with E-state index in [2.05, 4.69) is 0 Å². The monoisotopic (exact) mass is 104 g/mol. The molecule has 0 radical (unpaired) electrons. The largest absolute Gasteiger partial charge is 0.300 e. The molecule has 0 N–H and O–H groups in total. The van der Waals surface area contributed by atoms with E-state index in [1.807, 2.05) is 0 Å². The summed E-state index contributed by atoms with van der Waals surface area (Å²) in [6, 6.07) is 0. The van der Waals surface area contributed by atoms with Gasteiger partial charge in [-0.2, -0.15) is 0 Å². The van der Waals surface area contributed by atoms with Gasteiger partial charge in [0, 0.05) is 0 Å². The van der Waals surface area contributed by atoms with Crippen LogP contribution in [0.4, 0.5) is 4.39 Å². The Bertz CT molecular complexity index is 61.1. The molecule has 0 aliphatic carbocycles. The van der Waals surface area contributed by atoms with Gasteiger partial charge >= 0.3 is 0 Å². The zero-order valence-electron chi connectivity index (χ0n) is 4.52. The summed E-state index contributed by atoms with van der Waals surface area (Å²) in [6.45, 7) is 3.33. The fourth-order valence-electron chi connectivity index (χ4n) is 0.157. The van der Waals surface area contributed by atoms with Crippen molar-refractivity contribution in [1.29, 1.82) is 0 Å². The second-order valence-electron chi connectivity index (χ2n) is 1.82. The van der Waals surface area contributed by atoms with Crippen LogP contribution in [0.25, 0.3) is 0 Å². The Morgan fingerprint density at radius 2 is 2.00 bits per heavy atom. The van der Waals surface area contributed by atoms with Crippen LogP contribution in [-0.4, -0.2) is 12.5 Å². The topological polar surface area (TPSA) is 17.1 Å². The lowest BCUT2D eigenvalue weighted by Gasteiger charge is -2.00. The molecule has 0 aromatic carbocycles. The Labute approximate surface area is 42.5 Å². The fourth-order valence-corrected chi connectivity index (χ4v) is 0.157. The molecule has 7 heavy (non-hydrogen) atoms. The lowest BCUT2D eigenvalue weighted by Crippen LogP contribution is -2.09. The maximum Gasteiger partial charge on any atom is 0.157 e. The number of rotatable bonds is 2. The summed E-state index contributed by atoms with van der Waals surface area (Å²) < 4.78 is 11.9. The average molecular weight is 104 g/mol. The first-order valence-corrected chi connectivity index (χ1v) is 2.28. The summed E-state index contributed by atoms with van der Waals surface area (Å²) in [4.78, 5) is 9.57. The molecular weight excluding hydrogens is 95.1 g/mol. The predicted octanol–water partition coefficient (Wildman–Crippen LogP) is 1.18. The van der Waals surface area contributed by atoms with Gasteiger partial charge in [-0.3, -0.25) is 0 Å². The third-order valence-corrected chi connectivity index (χ3v) is 0.767. The van der Waals surface area contributed by atoms with E-state index in [1.165, 1.54) is 0 Å². The van der Waals surface area contributed by atoms with Crippen LogP contribution in [0, 0.1) is 5.92 Å². The number of hydrogen-bond donors (Lipinski definition) is 0. The molecule has 1 unspecified atom stereocenters. The van der Waals surface area contributed by atoms with Gasteiger partial charge in [0.15, 0.2) is 12.5 Å². The third kappa shape index (κ3) is 2.31. The van der Waals surface area contributed by atoms with E-state index in [0.717, 1.165) is 0 Å². The second-order valence-corrected chi connectivity index (χ2v) is 1.82. The average Bonchev–Trinajstić information content (AvgIpc) is 1.65. The molecule has 0 rings (SSSR count). The molecule has 0 aromatic heterocycles. The molecule has 0 amide bonds. The number of hydrogen-bond acceptors (Lipinski definition) is 1. The number of halogens is 1. The van der Waals surface area contributed by atoms with Gasteiger partial charge in [-0.1, -0.05) is 13.8 Å². The molecule has 0 bridgehead atoms. The van der Waals surface area contributed by atoms with Crippen molar-refractivity contribution in [3.63, 3.8) is 0 Å². The van der Waals surface area contributed by atoms with E-state index in [0.29, 0.717) is 6.29 Å². The molecule has 0 fully saturated rings. The van der Waals surface area contributed by atoms with Crippen molar-refractivity contribution in [3.05, 3.63) is 0 Å². The van der Waals surface area contributed by atoms with Crippen molar-refractivity contribution in [2.75, 3.05) is 0 Å². The molecule has 0 saturated heterocycles. The first kappa shape index (κ1) is 6.60. The van der Waals surface area contributed by atoms with E-state index < -0.39 is 6.17 Å². The number of alkyl halides is 1. The van der Waals surface area contributed by atoms with Crippen LogP contribution in [0.15, 0.2) is 0 Å². The van der Waals surface area contributed by atoms with Crippen molar-refractivity contribution < 1.29 is 9.18 Å². The van der Waals surface area contributed by atoms with Crippen LogP contribution in [-0.2, 0) is 4.79 Å². The third-order valence-electron chi connectivity index (χ3n) is 0.767. The van der Waals surface area contributed by atoms with Crippen LogP contribution >= 0.6 is 0 Å². The molecule has 1 atom stereocenters. The Morgan fingerprint density at radius 3 is 2.00 bits per heavy atom. The summed E-state index contributed by atoms with van der Waals surface area (Å²) in [7, 11) is 0. The highest BCUT2D eigenvalue weighted by atomic mass is 19.1. The van der Waals surface area contributed by atoms with Crippen LogP contribution in [0.2, 0.25) is 0 Å². The van der Waals surface area contributed by atoms with E-state index >= 15 is 0 Å². The summed E-state index contributed by atoms with van der Waals surface area (Å²) in [5.41, 5.74) is 0. The van der Waals surface area contributed by atoms with E-state index in [4.69, 9.17) is 0 Å². The minimum absolute atomic E-state index is 0.169. The lowest BCUT2D eigenvalue weighted by atomic mass is 10.1. The van der Waals surface area contributed by atoms with Gasteiger partial charge in [0.05, 0.1) is 0 Å². The van der Waals surface area contributed by atoms with Gasteiger partial charge in [0.2, 0.25) is 0 Å². The summed E-state index contributed by atoms with van der Waals surface area (Å²) in [6.07, 6.45) is -0.954. The minimum atomic E-state index is -1.28. The Balaban J connectivity index is 3.33. The molecule has 0 spiro atoms. The quantitative estimate of drug-likeness (QED) is 0.481. The maximum atomic E-state index is 11.9. The molecule has 0 heterocycles. The molecule has 0 aromatic rings. The second kappa shape index (κ2) is 2.72. The number of carbonyl (C=O) groups excluding carboxylic acids is 1. The fraction of sp³-hybridized carbons (Fsp3) is 0.800. The Kier molecular flexibility index (Phi) is 2.56. The van der Waals surface area contributed by atoms with Gasteiger partial charge in [0.25, 0.3) is 0 Å². The molecule has 0 saturated carbocycles. The zero-order chi connectivity index (χ0) is 5.86. The van der Waals surface area contributed by atoms with Gasteiger partial charge in [-0.05, 0) is 5.92 Å². The minimum Gasteiger partial charge on any atom is -0.300 e. The van der Waals surface area contributed by atoms with Gasteiger partial charge in [0.1, 0.15) is 0 Å². The van der Waals surface area contributed by atoms with Crippen molar-refractivity contribution in [1.82, 2.24) is 0 Å². The summed E-state index contributed by atoms with van der Waals surface area (Å²) in [5.74, 6) is -0.169. The Morgan fingerprint density at radius 1 is 1.57 bits per heavy atom. The number of aldehydes is 1. The molecule has 2 heteroatoms. The van der Waals surface area contributed by atoms with Gasteiger partial charge < -0.3 is 4.79 Å². The smallest absolute Gasteiger partial charge is 0.157 e. The summed E-state index contributed by atoms with van der Waals surface area (Å²) in [5, 5.41) is 0. The van der Waals surface area contributed by atoms with E-state index in [1.54, 1.807) is 13.8 Å². The maximum absolute atomic E-state index is 11.9. The molecule has 0 aliphatic rings. The standard InChI is InChI=1S/C5H9FO/c1-4(2)5(6)3-7/h3-5H,1-2H3. The van der Waals surface area contributed by atoms with Crippen molar-refractivity contribution >= 4 is 6.29 Å². The van der Waals surface area contributed by atoms with Crippen LogP contribution < -0.4 is 0 Å². The highest BCUT2D eigenvalue weighted by Crippen LogP contribution is 2.00. The van der Waals surface area contributed by atoms with Gasteiger partial charge in [-0.15, -0.1) is 0 Å². The predicted molar refractivity (Wildman–Crippen MR) is 25.8 cm³/mol. The lowest BCUT2D eigenvalue weighted by molar-refractivity contribution is -0.113. The SMILES string of the molecule is CC(C)C(F)C=O. The van der Waals surface area contributed by atoms with E-state index in [9.17, 15) is 9.18 Å². The first-order valence-electron chi connectivity index (χ1n) is 2.28. The van der Waals surface area contributed by atoms with E-state index in [-0.39, 0.29) is 5.92 Å².